The lowest BCUT2D eigenvalue weighted by atomic mass is 9.89. The quantitative estimate of drug-likeness (QED) is 0.426. The average molecular weight is 579 g/mol. The lowest BCUT2D eigenvalue weighted by molar-refractivity contribution is -0.117. The number of ether oxygens (including phenoxy) is 2. The number of anilines is 1. The van der Waals surface area contributed by atoms with Crippen molar-refractivity contribution in [2.24, 2.45) is 0 Å². The Kier molecular flexibility index (Phi) is 9.82. The van der Waals surface area contributed by atoms with Gasteiger partial charge in [-0.15, -0.1) is 0 Å². The van der Waals surface area contributed by atoms with E-state index in [1.807, 2.05) is 53.7 Å². The molecule has 1 saturated heterocycles. The molecule has 2 heterocycles. The van der Waals surface area contributed by atoms with Crippen molar-refractivity contribution in [2.75, 3.05) is 18.0 Å². The Bertz CT molecular complexity index is 1260. The molecule has 0 saturated carbocycles. The third-order valence-corrected chi connectivity index (χ3v) is 7.66. The number of likely N-dealkylation sites (tertiary alicyclic amines) is 1. The van der Waals surface area contributed by atoms with E-state index in [1.54, 1.807) is 11.8 Å². The number of piperidine rings is 1. The van der Waals surface area contributed by atoms with Crippen molar-refractivity contribution in [3.05, 3.63) is 53.6 Å². The molecule has 0 aromatic heterocycles. The van der Waals surface area contributed by atoms with E-state index in [0.29, 0.717) is 6.42 Å². The smallest absolute Gasteiger partial charge is 0.407 e. The molecule has 0 radical (unpaired) electrons. The Balaban J connectivity index is 1.42. The summed E-state index contributed by atoms with van der Waals surface area (Å²) >= 11 is 0. The number of hydrogen-bond donors (Lipinski definition) is 2. The number of hydrogen-bond acceptors (Lipinski definition) is 6. The van der Waals surface area contributed by atoms with Gasteiger partial charge in [-0.2, -0.15) is 0 Å². The van der Waals surface area contributed by atoms with Crippen LogP contribution in [0.5, 0.6) is 0 Å². The maximum absolute atomic E-state index is 12.5. The van der Waals surface area contributed by atoms with Crippen LogP contribution in [0.3, 0.4) is 0 Å². The van der Waals surface area contributed by atoms with E-state index in [2.05, 4.69) is 45.9 Å². The number of rotatable bonds is 6. The monoisotopic (exact) mass is 578 g/mol. The van der Waals surface area contributed by atoms with E-state index in [1.165, 1.54) is 5.56 Å². The van der Waals surface area contributed by atoms with Gasteiger partial charge in [-0.05, 0) is 95.2 Å². The summed E-state index contributed by atoms with van der Waals surface area (Å²) in [5, 5.41) is 6.02. The highest BCUT2D eigenvalue weighted by atomic mass is 16.6. The first-order chi connectivity index (χ1) is 19.8. The summed E-state index contributed by atoms with van der Waals surface area (Å²) in [5.74, 6) is -0.0197. The first kappa shape index (κ1) is 31.3. The Hall–Kier alpha value is -3.59. The van der Waals surface area contributed by atoms with E-state index < -0.39 is 11.7 Å². The van der Waals surface area contributed by atoms with Crippen molar-refractivity contribution in [3.63, 3.8) is 0 Å². The van der Waals surface area contributed by atoms with Crippen LogP contribution in [0.1, 0.15) is 84.9 Å². The summed E-state index contributed by atoms with van der Waals surface area (Å²) in [6.45, 7) is 15.5. The molecule has 4 rings (SSSR count). The van der Waals surface area contributed by atoms with Crippen LogP contribution < -0.4 is 15.5 Å². The minimum absolute atomic E-state index is 0.0197. The summed E-state index contributed by atoms with van der Waals surface area (Å²) in [7, 11) is 0. The first-order valence-electron chi connectivity index (χ1n) is 15.0. The van der Waals surface area contributed by atoms with E-state index in [-0.39, 0.29) is 36.2 Å². The summed E-state index contributed by atoms with van der Waals surface area (Å²) in [6, 6.07) is 14.5. The third-order valence-electron chi connectivity index (χ3n) is 7.66. The first-order valence-corrected chi connectivity index (χ1v) is 15.0. The Morgan fingerprint density at radius 3 is 2.19 bits per heavy atom. The molecule has 2 N–H and O–H groups in total. The minimum Gasteiger partial charge on any atom is -0.447 e. The molecule has 0 spiro atoms. The van der Waals surface area contributed by atoms with Crippen molar-refractivity contribution in [3.8, 4) is 11.1 Å². The van der Waals surface area contributed by atoms with Crippen molar-refractivity contribution in [1.29, 1.82) is 0 Å². The second-order valence-electron chi connectivity index (χ2n) is 12.8. The zero-order valence-electron chi connectivity index (χ0n) is 26.0. The number of nitrogens with zero attached hydrogens (tertiary/aromatic N) is 2. The number of alkyl carbamates (subject to hydrolysis) is 2. The molecule has 0 aliphatic carbocycles. The van der Waals surface area contributed by atoms with Crippen molar-refractivity contribution >= 4 is 23.8 Å². The minimum atomic E-state index is -0.496. The van der Waals surface area contributed by atoms with Crippen molar-refractivity contribution in [2.45, 2.75) is 104 Å². The van der Waals surface area contributed by atoms with Crippen LogP contribution in [0.2, 0.25) is 0 Å². The second kappa shape index (κ2) is 13.2. The van der Waals surface area contributed by atoms with Crippen LogP contribution in [-0.4, -0.2) is 59.9 Å². The SMILES string of the molecule is CC(=O)N1c2ccc(-c3ccc(CN4CCC(NC(=O)OC(C)(C)C)CC4)cc3)cc2[C@H](NC(=O)OC(C)C)C[C@@H]1C. The fourth-order valence-electron chi connectivity index (χ4n) is 5.82. The number of carbonyl (C=O) groups excluding carboxylic acids is 3. The predicted molar refractivity (Wildman–Crippen MR) is 164 cm³/mol. The average Bonchev–Trinajstić information content (AvgIpc) is 2.88. The molecule has 2 aromatic rings. The Labute approximate surface area is 249 Å². The standard InChI is InChI=1S/C33H46N4O5/c1-21(2)41-31(39)35-29-18-22(3)37(23(4)38)30-13-12-26(19-28(29)30)25-10-8-24(9-11-25)20-36-16-14-27(15-17-36)34-32(40)42-33(5,6)7/h8-13,19,21-22,27,29H,14-18,20H2,1-7H3,(H,34,40)(H,35,39)/t22-,29+/m0/s1. The van der Waals surface area contributed by atoms with E-state index >= 15 is 0 Å². The summed E-state index contributed by atoms with van der Waals surface area (Å²) in [4.78, 5) is 41.3. The molecule has 2 aliphatic heterocycles. The van der Waals surface area contributed by atoms with Gasteiger partial charge >= 0.3 is 12.2 Å². The molecule has 0 unspecified atom stereocenters. The van der Waals surface area contributed by atoms with E-state index in [0.717, 1.165) is 54.9 Å². The van der Waals surface area contributed by atoms with Crippen LogP contribution in [0.4, 0.5) is 15.3 Å². The Morgan fingerprint density at radius 2 is 1.60 bits per heavy atom. The van der Waals surface area contributed by atoms with E-state index in [4.69, 9.17) is 9.47 Å². The number of carbonyl (C=O) groups is 3. The van der Waals surface area contributed by atoms with Crippen LogP contribution in [0.25, 0.3) is 11.1 Å². The van der Waals surface area contributed by atoms with Crippen LogP contribution in [0, 0.1) is 0 Å². The molecule has 9 nitrogen and oxygen atoms in total. The lowest BCUT2D eigenvalue weighted by Gasteiger charge is -2.39. The number of amides is 3. The van der Waals surface area contributed by atoms with Gasteiger partial charge in [0.2, 0.25) is 5.91 Å². The van der Waals surface area contributed by atoms with Gasteiger partial charge in [0.1, 0.15) is 5.60 Å². The van der Waals surface area contributed by atoms with Crippen LogP contribution in [-0.2, 0) is 20.8 Å². The molecular weight excluding hydrogens is 532 g/mol. The molecule has 0 bridgehead atoms. The van der Waals surface area contributed by atoms with Gasteiger partial charge in [0.25, 0.3) is 0 Å². The zero-order chi connectivity index (χ0) is 30.6. The normalized spacial score (nSPS) is 19.7. The molecule has 2 atom stereocenters. The van der Waals surface area contributed by atoms with Gasteiger partial charge in [-0.25, -0.2) is 9.59 Å². The molecule has 3 amide bonds. The molecular formula is C33H46N4O5. The summed E-state index contributed by atoms with van der Waals surface area (Å²) in [5.41, 5.74) is 4.55. The van der Waals surface area contributed by atoms with E-state index in [9.17, 15) is 14.4 Å². The summed E-state index contributed by atoms with van der Waals surface area (Å²) < 4.78 is 10.7. The molecule has 2 aromatic carbocycles. The van der Waals surface area contributed by atoms with Gasteiger partial charge in [0, 0.05) is 44.3 Å². The molecule has 1 fully saturated rings. The maximum atomic E-state index is 12.5. The number of benzene rings is 2. The molecule has 228 valence electrons. The Morgan fingerprint density at radius 1 is 0.952 bits per heavy atom. The van der Waals surface area contributed by atoms with Crippen LogP contribution >= 0.6 is 0 Å². The fraction of sp³-hybridized carbons (Fsp3) is 0.545. The van der Waals surface area contributed by atoms with Gasteiger partial charge in [0.15, 0.2) is 0 Å². The van der Waals surface area contributed by atoms with Gasteiger partial charge < -0.3 is 25.0 Å². The molecule has 9 heteroatoms. The topological polar surface area (TPSA) is 100 Å². The van der Waals surface area contributed by atoms with Crippen molar-refractivity contribution in [1.82, 2.24) is 15.5 Å². The largest absolute Gasteiger partial charge is 0.447 e. The lowest BCUT2D eigenvalue weighted by Crippen LogP contribution is -2.45. The van der Waals surface area contributed by atoms with Gasteiger partial charge in [-0.1, -0.05) is 30.3 Å². The number of fused-ring (bicyclic) bond motifs is 1. The maximum Gasteiger partial charge on any atom is 0.407 e. The highest BCUT2D eigenvalue weighted by molar-refractivity contribution is 5.94. The highest BCUT2D eigenvalue weighted by Gasteiger charge is 2.34. The second-order valence-corrected chi connectivity index (χ2v) is 12.8. The van der Waals surface area contributed by atoms with Gasteiger partial charge in [0.05, 0.1) is 12.1 Å². The summed E-state index contributed by atoms with van der Waals surface area (Å²) in [6.07, 6.45) is 1.37. The molecule has 2 aliphatic rings. The molecule has 42 heavy (non-hydrogen) atoms. The zero-order valence-corrected chi connectivity index (χ0v) is 26.0. The predicted octanol–water partition coefficient (Wildman–Crippen LogP) is 6.16. The van der Waals surface area contributed by atoms with Crippen molar-refractivity contribution < 1.29 is 23.9 Å². The van der Waals surface area contributed by atoms with Gasteiger partial charge in [-0.3, -0.25) is 9.69 Å². The highest BCUT2D eigenvalue weighted by Crippen LogP contribution is 2.39. The third kappa shape index (κ3) is 8.25. The van der Waals surface area contributed by atoms with Crippen LogP contribution in [0.15, 0.2) is 42.5 Å². The number of nitrogens with one attached hydrogen (secondary N) is 2. The fourth-order valence-corrected chi connectivity index (χ4v) is 5.82.